The fraction of sp³-hybridized carbons (Fsp3) is 0.556. The van der Waals surface area contributed by atoms with Crippen LogP contribution in [0.2, 0.25) is 0 Å². The first kappa shape index (κ1) is 18.4. The summed E-state index contributed by atoms with van der Waals surface area (Å²) in [6, 6.07) is 9.81. The summed E-state index contributed by atoms with van der Waals surface area (Å²) >= 11 is 0. The maximum atomic E-state index is 12.3. The zero-order valence-electron chi connectivity index (χ0n) is 13.9. The molecule has 0 spiro atoms. The van der Waals surface area contributed by atoms with Gasteiger partial charge in [-0.15, -0.1) is 0 Å². The third-order valence-electron chi connectivity index (χ3n) is 3.64. The molecule has 0 aromatic heterocycles. The molecule has 0 saturated heterocycles. The Morgan fingerprint density at radius 2 is 1.68 bits per heavy atom. The minimum absolute atomic E-state index is 0.402. The Morgan fingerprint density at radius 1 is 1.09 bits per heavy atom. The van der Waals surface area contributed by atoms with Gasteiger partial charge in [-0.05, 0) is 24.8 Å². The lowest BCUT2D eigenvalue weighted by Gasteiger charge is -2.25. The number of hydrogen-bond acceptors (Lipinski definition) is 3. The van der Waals surface area contributed by atoms with Crippen LogP contribution in [0.5, 0.6) is 0 Å². The van der Waals surface area contributed by atoms with Gasteiger partial charge in [0, 0.05) is 0 Å². The second-order valence-electron chi connectivity index (χ2n) is 5.65. The molecule has 122 valence electrons. The van der Waals surface area contributed by atoms with Gasteiger partial charge in [-0.2, -0.15) is 5.10 Å². The molecule has 0 unspecified atom stereocenters. The molecule has 2 N–H and O–H groups in total. The van der Waals surface area contributed by atoms with Crippen molar-refractivity contribution in [2.75, 3.05) is 0 Å². The lowest BCUT2D eigenvalue weighted by Crippen LogP contribution is -2.45. The number of nitrogens with zero attached hydrogens (tertiary/aromatic N) is 1. The predicted octanol–water partition coefficient (Wildman–Crippen LogP) is 3.64. The molecule has 0 aliphatic rings. The standard InChI is InChI=1S/C18H28N2O2/c1-4-10-16(15-11-8-7-9-12-15)19-20-17(21)18(22,13-5-2)14-6-3/h7-9,11-12,22H,4-6,10,13-14H2,1-3H3,(H,20,21)/b19-16+. The fourth-order valence-electron chi connectivity index (χ4n) is 2.53. The van der Waals surface area contributed by atoms with Crippen molar-refractivity contribution >= 4 is 11.6 Å². The summed E-state index contributed by atoms with van der Waals surface area (Å²) in [7, 11) is 0. The summed E-state index contributed by atoms with van der Waals surface area (Å²) in [5.41, 5.74) is 3.10. The van der Waals surface area contributed by atoms with E-state index in [0.717, 1.165) is 37.0 Å². The second-order valence-corrected chi connectivity index (χ2v) is 5.65. The largest absolute Gasteiger partial charge is 0.380 e. The first-order valence-corrected chi connectivity index (χ1v) is 8.22. The highest BCUT2D eigenvalue weighted by molar-refractivity contribution is 6.01. The summed E-state index contributed by atoms with van der Waals surface area (Å²) < 4.78 is 0. The van der Waals surface area contributed by atoms with E-state index >= 15 is 0 Å². The molecule has 1 aromatic rings. The van der Waals surface area contributed by atoms with Crippen LogP contribution in [-0.2, 0) is 4.79 Å². The van der Waals surface area contributed by atoms with E-state index in [1.807, 2.05) is 44.2 Å². The topological polar surface area (TPSA) is 61.7 Å². The minimum Gasteiger partial charge on any atom is -0.380 e. The van der Waals surface area contributed by atoms with E-state index in [1.165, 1.54) is 0 Å². The molecule has 0 bridgehead atoms. The van der Waals surface area contributed by atoms with Crippen LogP contribution >= 0.6 is 0 Å². The molecular weight excluding hydrogens is 276 g/mol. The highest BCUT2D eigenvalue weighted by Crippen LogP contribution is 2.19. The molecule has 1 rings (SSSR count). The highest BCUT2D eigenvalue weighted by Gasteiger charge is 2.33. The van der Waals surface area contributed by atoms with Crippen LogP contribution in [0.3, 0.4) is 0 Å². The van der Waals surface area contributed by atoms with E-state index in [0.29, 0.717) is 12.8 Å². The van der Waals surface area contributed by atoms with Gasteiger partial charge >= 0.3 is 0 Å². The molecule has 0 fully saturated rings. The van der Waals surface area contributed by atoms with Gasteiger partial charge in [0.05, 0.1) is 5.71 Å². The summed E-state index contributed by atoms with van der Waals surface area (Å²) in [5.74, 6) is -0.402. The third-order valence-corrected chi connectivity index (χ3v) is 3.64. The Bertz CT molecular complexity index is 477. The number of carbonyl (C=O) groups is 1. The molecule has 0 atom stereocenters. The van der Waals surface area contributed by atoms with E-state index in [4.69, 9.17) is 0 Å². The van der Waals surface area contributed by atoms with E-state index in [-0.39, 0.29) is 0 Å². The number of rotatable bonds is 9. The second kappa shape index (κ2) is 9.36. The van der Waals surface area contributed by atoms with Gasteiger partial charge in [-0.25, -0.2) is 5.43 Å². The summed E-state index contributed by atoms with van der Waals surface area (Å²) in [5, 5.41) is 14.8. The molecule has 4 heteroatoms. The Labute approximate surface area is 133 Å². The summed E-state index contributed by atoms with van der Waals surface area (Å²) in [6.45, 7) is 6.00. The number of hydrazone groups is 1. The maximum Gasteiger partial charge on any atom is 0.271 e. The van der Waals surface area contributed by atoms with Crippen LogP contribution in [0.25, 0.3) is 0 Å². The van der Waals surface area contributed by atoms with Crippen molar-refractivity contribution in [3.05, 3.63) is 35.9 Å². The van der Waals surface area contributed by atoms with Crippen LogP contribution in [0.1, 0.15) is 64.9 Å². The molecule has 0 aliphatic heterocycles. The van der Waals surface area contributed by atoms with Gasteiger partial charge in [0.2, 0.25) is 0 Å². The number of nitrogens with one attached hydrogen (secondary N) is 1. The van der Waals surface area contributed by atoms with Gasteiger partial charge < -0.3 is 5.11 Å². The number of benzene rings is 1. The fourth-order valence-corrected chi connectivity index (χ4v) is 2.53. The Kier molecular flexibility index (Phi) is 7.82. The van der Waals surface area contributed by atoms with Gasteiger partial charge in [-0.1, -0.05) is 70.4 Å². The van der Waals surface area contributed by atoms with E-state index in [2.05, 4.69) is 17.5 Å². The van der Waals surface area contributed by atoms with Crippen molar-refractivity contribution in [1.82, 2.24) is 5.43 Å². The lowest BCUT2D eigenvalue weighted by molar-refractivity contribution is -0.141. The molecule has 0 heterocycles. The van der Waals surface area contributed by atoms with Crippen LogP contribution in [0.4, 0.5) is 0 Å². The predicted molar refractivity (Wildman–Crippen MR) is 90.8 cm³/mol. The van der Waals surface area contributed by atoms with Crippen molar-refractivity contribution in [2.24, 2.45) is 5.10 Å². The number of carbonyl (C=O) groups excluding carboxylic acids is 1. The van der Waals surface area contributed by atoms with Crippen LogP contribution in [-0.4, -0.2) is 22.3 Å². The van der Waals surface area contributed by atoms with Crippen molar-refractivity contribution in [3.8, 4) is 0 Å². The van der Waals surface area contributed by atoms with E-state index in [1.54, 1.807) is 0 Å². The van der Waals surface area contributed by atoms with Crippen LogP contribution in [0.15, 0.2) is 35.4 Å². The Hall–Kier alpha value is -1.68. The van der Waals surface area contributed by atoms with Crippen LogP contribution in [0, 0.1) is 0 Å². The normalized spacial score (nSPS) is 12.3. The minimum atomic E-state index is -1.32. The first-order valence-electron chi connectivity index (χ1n) is 8.22. The molecule has 1 aromatic carbocycles. The highest BCUT2D eigenvalue weighted by atomic mass is 16.3. The zero-order valence-corrected chi connectivity index (χ0v) is 13.9. The molecular formula is C18H28N2O2. The van der Waals surface area contributed by atoms with E-state index < -0.39 is 11.5 Å². The number of amides is 1. The van der Waals surface area contributed by atoms with Crippen molar-refractivity contribution in [2.45, 2.75) is 64.9 Å². The lowest BCUT2D eigenvalue weighted by atomic mass is 9.92. The molecule has 0 aliphatic carbocycles. The van der Waals surface area contributed by atoms with Gasteiger partial charge in [0.25, 0.3) is 5.91 Å². The van der Waals surface area contributed by atoms with Crippen LogP contribution < -0.4 is 5.43 Å². The quantitative estimate of drug-likeness (QED) is 0.540. The molecule has 0 saturated carbocycles. The molecule has 1 amide bonds. The van der Waals surface area contributed by atoms with E-state index in [9.17, 15) is 9.90 Å². The number of aliphatic hydroxyl groups is 1. The molecule has 22 heavy (non-hydrogen) atoms. The van der Waals surface area contributed by atoms with Gasteiger partial charge in [-0.3, -0.25) is 4.79 Å². The average molecular weight is 304 g/mol. The molecule has 0 radical (unpaired) electrons. The smallest absolute Gasteiger partial charge is 0.271 e. The van der Waals surface area contributed by atoms with Gasteiger partial charge in [0.1, 0.15) is 5.60 Å². The van der Waals surface area contributed by atoms with Crippen molar-refractivity contribution < 1.29 is 9.90 Å². The maximum absolute atomic E-state index is 12.3. The Balaban J connectivity index is 2.87. The van der Waals surface area contributed by atoms with Crippen molar-refractivity contribution in [3.63, 3.8) is 0 Å². The monoisotopic (exact) mass is 304 g/mol. The summed E-state index contributed by atoms with van der Waals surface area (Å²) in [4.78, 5) is 12.3. The van der Waals surface area contributed by atoms with Gasteiger partial charge in [0.15, 0.2) is 0 Å². The Morgan fingerprint density at radius 3 is 2.18 bits per heavy atom. The molecule has 4 nitrogen and oxygen atoms in total. The zero-order chi connectivity index (χ0) is 16.4. The van der Waals surface area contributed by atoms with Crippen molar-refractivity contribution in [1.29, 1.82) is 0 Å². The summed E-state index contributed by atoms with van der Waals surface area (Å²) in [6.07, 6.45) is 4.15. The number of hydrogen-bond donors (Lipinski definition) is 2. The third kappa shape index (κ3) is 5.26. The SMILES string of the molecule is CCC/C(=N\NC(=O)C(O)(CCC)CCC)c1ccccc1. The average Bonchev–Trinajstić information content (AvgIpc) is 2.52. The first-order chi connectivity index (χ1) is 10.6.